The Bertz CT molecular complexity index is 1390. The van der Waals surface area contributed by atoms with Gasteiger partial charge in [-0.3, -0.25) is 14.4 Å². The van der Waals surface area contributed by atoms with Crippen molar-refractivity contribution in [3.63, 3.8) is 0 Å². The molecule has 0 aromatic carbocycles. The summed E-state index contributed by atoms with van der Waals surface area (Å²) < 4.78 is 16.9. The first-order valence-electron chi connectivity index (χ1n) is 34.3. The summed E-state index contributed by atoms with van der Waals surface area (Å²) >= 11 is 0. The third-order valence-electron chi connectivity index (χ3n) is 15.3. The molecule has 0 rings (SSSR count). The summed E-state index contributed by atoms with van der Waals surface area (Å²) in [6.45, 7) is 6.56. The molecule has 0 aliphatic carbocycles. The fourth-order valence-corrected chi connectivity index (χ4v) is 10.1. The van der Waals surface area contributed by atoms with E-state index >= 15 is 0 Å². The number of carbonyl (C=O) groups is 3. The van der Waals surface area contributed by atoms with Gasteiger partial charge in [0.05, 0.1) is 0 Å². The highest BCUT2D eigenvalue weighted by atomic mass is 16.6. The van der Waals surface area contributed by atoms with Crippen molar-refractivity contribution in [1.29, 1.82) is 0 Å². The van der Waals surface area contributed by atoms with Gasteiger partial charge in [0.15, 0.2) is 6.10 Å². The maximum absolute atomic E-state index is 12.9. The molecule has 454 valence electrons. The minimum absolute atomic E-state index is 0.0733. The van der Waals surface area contributed by atoms with E-state index in [4.69, 9.17) is 14.2 Å². The lowest BCUT2D eigenvalue weighted by Crippen LogP contribution is -2.30. The van der Waals surface area contributed by atoms with Crippen LogP contribution in [0.15, 0.2) is 60.8 Å². The van der Waals surface area contributed by atoms with Gasteiger partial charge in [-0.2, -0.15) is 0 Å². The molecule has 0 N–H and O–H groups in total. The fourth-order valence-electron chi connectivity index (χ4n) is 10.1. The van der Waals surface area contributed by atoms with E-state index in [-0.39, 0.29) is 31.1 Å². The lowest BCUT2D eigenvalue weighted by Gasteiger charge is -2.18. The molecule has 0 aromatic heterocycles. The van der Waals surface area contributed by atoms with Crippen LogP contribution in [0, 0.1) is 0 Å². The van der Waals surface area contributed by atoms with Crippen molar-refractivity contribution < 1.29 is 28.6 Å². The SMILES string of the molecule is CC/C=C\C/C=C\C/C=C\C/C=C\CCCCCCCCCCC(=O)OC(COC(=O)CCCCCCCCCCCC)COC(=O)CCCCCCCCCCCCCCCCCCC/C=C\CCCCCCCCCC. The molecule has 0 radical (unpaired) electrons. The number of rotatable bonds is 63. The summed E-state index contributed by atoms with van der Waals surface area (Å²) in [6.07, 6.45) is 85.4. The molecular formula is C72H130O6. The van der Waals surface area contributed by atoms with E-state index in [1.807, 2.05) is 0 Å². The summed E-state index contributed by atoms with van der Waals surface area (Å²) in [7, 11) is 0. The summed E-state index contributed by atoms with van der Waals surface area (Å²) in [4.78, 5) is 38.3. The largest absolute Gasteiger partial charge is 0.462 e. The molecule has 0 heterocycles. The zero-order valence-electron chi connectivity index (χ0n) is 52.2. The molecule has 0 bridgehead atoms. The molecule has 0 spiro atoms. The van der Waals surface area contributed by atoms with E-state index in [0.717, 1.165) is 89.9 Å². The maximum Gasteiger partial charge on any atom is 0.306 e. The Labute approximate surface area is 485 Å². The van der Waals surface area contributed by atoms with Crippen LogP contribution in [0.4, 0.5) is 0 Å². The zero-order valence-corrected chi connectivity index (χ0v) is 52.2. The summed E-state index contributed by atoms with van der Waals surface area (Å²) in [6, 6.07) is 0. The monoisotopic (exact) mass is 1090 g/mol. The normalized spacial score (nSPS) is 12.4. The third kappa shape index (κ3) is 63.9. The highest BCUT2D eigenvalue weighted by molar-refractivity contribution is 5.71. The van der Waals surface area contributed by atoms with E-state index < -0.39 is 6.10 Å². The third-order valence-corrected chi connectivity index (χ3v) is 15.3. The van der Waals surface area contributed by atoms with Crippen molar-refractivity contribution in [1.82, 2.24) is 0 Å². The van der Waals surface area contributed by atoms with Gasteiger partial charge in [-0.25, -0.2) is 0 Å². The van der Waals surface area contributed by atoms with Crippen LogP contribution in [0.25, 0.3) is 0 Å². The molecule has 6 nitrogen and oxygen atoms in total. The second-order valence-electron chi connectivity index (χ2n) is 23.1. The molecule has 0 aliphatic heterocycles. The van der Waals surface area contributed by atoms with Crippen LogP contribution in [0.5, 0.6) is 0 Å². The first-order chi connectivity index (χ1) is 38.5. The van der Waals surface area contributed by atoms with Crippen molar-refractivity contribution in [2.75, 3.05) is 13.2 Å². The van der Waals surface area contributed by atoms with Crippen LogP contribution in [0.3, 0.4) is 0 Å². The Kier molecular flexibility index (Phi) is 64.2. The van der Waals surface area contributed by atoms with Crippen molar-refractivity contribution in [3.8, 4) is 0 Å². The maximum atomic E-state index is 12.9. The van der Waals surface area contributed by atoms with Gasteiger partial charge in [-0.1, -0.05) is 319 Å². The average Bonchev–Trinajstić information content (AvgIpc) is 3.44. The second kappa shape index (κ2) is 66.6. The zero-order chi connectivity index (χ0) is 56.4. The predicted octanol–water partition coefficient (Wildman–Crippen LogP) is 23.5. The number of hydrogen-bond acceptors (Lipinski definition) is 6. The number of esters is 3. The highest BCUT2D eigenvalue weighted by Gasteiger charge is 2.19. The molecule has 0 saturated heterocycles. The Morgan fingerprint density at radius 2 is 0.500 bits per heavy atom. The van der Waals surface area contributed by atoms with Crippen molar-refractivity contribution in [3.05, 3.63) is 60.8 Å². The van der Waals surface area contributed by atoms with E-state index in [2.05, 4.69) is 81.5 Å². The van der Waals surface area contributed by atoms with E-state index in [1.165, 1.54) is 231 Å². The van der Waals surface area contributed by atoms with Crippen molar-refractivity contribution in [2.24, 2.45) is 0 Å². The molecule has 0 fully saturated rings. The standard InChI is InChI=1S/C72H130O6/c1-4-7-10-13-16-19-22-24-26-28-30-32-33-34-35-36-37-38-39-41-42-44-46-48-50-53-56-59-62-65-71(74)77-68-69(67-76-70(73)64-61-58-55-52-21-18-15-12-9-6-3)78-72(75)66-63-60-57-54-51-49-47-45-43-40-31-29-27-25-23-20-17-14-11-8-5-2/h8,11,17,20,25,27-28,30-31,40,69H,4-7,9-10,12-16,18-19,21-24,26,29,32-39,41-68H2,1-3H3/b11-8-,20-17-,27-25-,30-28-,40-31-. The molecule has 6 heteroatoms. The van der Waals surface area contributed by atoms with Crippen LogP contribution in [0.2, 0.25) is 0 Å². The fraction of sp³-hybridized carbons (Fsp3) is 0.819. The molecule has 1 unspecified atom stereocenters. The topological polar surface area (TPSA) is 78.9 Å². The minimum atomic E-state index is -0.776. The molecule has 0 amide bonds. The van der Waals surface area contributed by atoms with Gasteiger partial charge in [-0.15, -0.1) is 0 Å². The minimum Gasteiger partial charge on any atom is -0.462 e. The van der Waals surface area contributed by atoms with Crippen LogP contribution in [-0.4, -0.2) is 37.2 Å². The lowest BCUT2D eigenvalue weighted by molar-refractivity contribution is -0.167. The van der Waals surface area contributed by atoms with Gasteiger partial charge in [0.1, 0.15) is 13.2 Å². The molecular weight excluding hydrogens is 961 g/mol. The van der Waals surface area contributed by atoms with E-state index in [0.29, 0.717) is 19.3 Å². The Hall–Kier alpha value is -2.89. The molecule has 78 heavy (non-hydrogen) atoms. The smallest absolute Gasteiger partial charge is 0.306 e. The quantitative estimate of drug-likeness (QED) is 0.0261. The number of unbranched alkanes of at least 4 members (excludes halogenated alkanes) is 42. The van der Waals surface area contributed by atoms with Gasteiger partial charge in [0.2, 0.25) is 0 Å². The summed E-state index contributed by atoms with van der Waals surface area (Å²) in [5, 5.41) is 0. The highest BCUT2D eigenvalue weighted by Crippen LogP contribution is 2.18. The lowest BCUT2D eigenvalue weighted by atomic mass is 10.0. The number of hydrogen-bond donors (Lipinski definition) is 0. The Morgan fingerprint density at radius 1 is 0.269 bits per heavy atom. The number of allylic oxidation sites excluding steroid dienone is 10. The van der Waals surface area contributed by atoms with E-state index in [9.17, 15) is 14.4 Å². The van der Waals surface area contributed by atoms with Gasteiger partial charge in [0, 0.05) is 19.3 Å². The second-order valence-corrected chi connectivity index (χ2v) is 23.1. The van der Waals surface area contributed by atoms with Gasteiger partial charge < -0.3 is 14.2 Å². The van der Waals surface area contributed by atoms with Gasteiger partial charge >= 0.3 is 17.9 Å². The van der Waals surface area contributed by atoms with Crippen LogP contribution in [0.1, 0.15) is 361 Å². The first kappa shape index (κ1) is 75.1. The Morgan fingerprint density at radius 3 is 0.795 bits per heavy atom. The number of ether oxygens (including phenoxy) is 3. The Balaban J connectivity index is 4.15. The molecule has 1 atom stereocenters. The first-order valence-corrected chi connectivity index (χ1v) is 34.3. The molecule has 0 aliphatic rings. The van der Waals surface area contributed by atoms with Crippen molar-refractivity contribution in [2.45, 2.75) is 367 Å². The summed E-state index contributed by atoms with van der Waals surface area (Å²) in [5.41, 5.74) is 0. The van der Waals surface area contributed by atoms with Gasteiger partial charge in [0.25, 0.3) is 0 Å². The van der Waals surface area contributed by atoms with Crippen LogP contribution >= 0.6 is 0 Å². The van der Waals surface area contributed by atoms with Crippen LogP contribution < -0.4 is 0 Å². The molecule has 0 saturated carbocycles. The number of carbonyl (C=O) groups excluding carboxylic acids is 3. The predicted molar refractivity (Wildman–Crippen MR) is 339 cm³/mol. The van der Waals surface area contributed by atoms with Gasteiger partial charge in [-0.05, 0) is 83.5 Å². The molecule has 0 aromatic rings. The van der Waals surface area contributed by atoms with Crippen molar-refractivity contribution >= 4 is 17.9 Å². The van der Waals surface area contributed by atoms with Crippen LogP contribution in [-0.2, 0) is 28.6 Å². The summed E-state index contributed by atoms with van der Waals surface area (Å²) in [5.74, 6) is -0.863. The average molecular weight is 1090 g/mol. The van der Waals surface area contributed by atoms with E-state index in [1.54, 1.807) is 0 Å².